The summed E-state index contributed by atoms with van der Waals surface area (Å²) in [5, 5.41) is 3.86. The number of piperidine rings is 1. The molecule has 1 N–H and O–H groups in total. The van der Waals surface area contributed by atoms with Gasteiger partial charge in [-0.3, -0.25) is 9.69 Å². The van der Waals surface area contributed by atoms with Crippen LogP contribution in [-0.4, -0.2) is 55.0 Å². The number of benzene rings is 1. The molecule has 1 aromatic carbocycles. The Labute approximate surface area is 141 Å². The molecule has 0 aliphatic carbocycles. The number of hydrogen-bond donors (Lipinski definition) is 1. The van der Waals surface area contributed by atoms with Gasteiger partial charge in [-0.25, -0.2) is 4.39 Å². The molecular formula is C17H23ClFN3O. The standard InChI is InChI=1S/C17H23ClFN3O/c18-16-4-3-15(19)10-14(16)12-21-7-1-2-13(11-21)17(23)22-8-5-20-6-9-22/h3-4,10,13,20H,1-2,5-9,11-12H2. The molecule has 1 aromatic rings. The molecule has 126 valence electrons. The van der Waals surface area contributed by atoms with Crippen molar-refractivity contribution in [1.29, 1.82) is 0 Å². The van der Waals surface area contributed by atoms with E-state index in [0.717, 1.165) is 57.7 Å². The van der Waals surface area contributed by atoms with E-state index in [0.29, 0.717) is 11.6 Å². The number of rotatable bonds is 3. The Morgan fingerprint density at radius 1 is 1.30 bits per heavy atom. The summed E-state index contributed by atoms with van der Waals surface area (Å²) in [5.74, 6) is 0.0468. The van der Waals surface area contributed by atoms with E-state index in [1.54, 1.807) is 6.07 Å². The molecule has 1 atom stereocenters. The molecule has 0 aromatic heterocycles. The molecule has 0 bridgehead atoms. The lowest BCUT2D eigenvalue weighted by Crippen LogP contribution is -2.51. The van der Waals surface area contributed by atoms with Crippen molar-refractivity contribution in [1.82, 2.24) is 15.1 Å². The maximum absolute atomic E-state index is 13.4. The molecule has 2 saturated heterocycles. The lowest BCUT2D eigenvalue weighted by Gasteiger charge is -2.36. The summed E-state index contributed by atoms with van der Waals surface area (Å²) < 4.78 is 13.4. The Morgan fingerprint density at radius 2 is 2.09 bits per heavy atom. The summed E-state index contributed by atoms with van der Waals surface area (Å²) in [7, 11) is 0. The van der Waals surface area contributed by atoms with Crippen molar-refractivity contribution in [2.45, 2.75) is 19.4 Å². The van der Waals surface area contributed by atoms with Crippen LogP contribution in [0.1, 0.15) is 18.4 Å². The first-order chi connectivity index (χ1) is 11.1. The van der Waals surface area contributed by atoms with Crippen LogP contribution < -0.4 is 5.32 Å². The van der Waals surface area contributed by atoms with Crippen molar-refractivity contribution in [3.05, 3.63) is 34.6 Å². The minimum absolute atomic E-state index is 0.0502. The number of halogens is 2. The average Bonchev–Trinajstić information content (AvgIpc) is 2.58. The summed E-state index contributed by atoms with van der Waals surface area (Å²) in [6.45, 7) is 5.61. The van der Waals surface area contributed by atoms with Crippen LogP contribution in [0.4, 0.5) is 4.39 Å². The Kier molecular flexibility index (Phi) is 5.51. The van der Waals surface area contributed by atoms with Gasteiger partial charge in [0.1, 0.15) is 5.82 Å². The smallest absolute Gasteiger partial charge is 0.227 e. The zero-order valence-corrected chi connectivity index (χ0v) is 14.0. The molecule has 6 heteroatoms. The first-order valence-electron chi connectivity index (χ1n) is 8.29. The number of carbonyl (C=O) groups excluding carboxylic acids is 1. The van der Waals surface area contributed by atoms with Gasteiger partial charge in [0.15, 0.2) is 0 Å². The van der Waals surface area contributed by atoms with Crippen LogP contribution in [0.5, 0.6) is 0 Å². The van der Waals surface area contributed by atoms with Gasteiger partial charge in [-0.05, 0) is 43.1 Å². The number of carbonyl (C=O) groups is 1. The minimum atomic E-state index is -0.269. The number of nitrogens with one attached hydrogen (secondary N) is 1. The van der Waals surface area contributed by atoms with E-state index < -0.39 is 0 Å². The van der Waals surface area contributed by atoms with Gasteiger partial charge in [0.05, 0.1) is 5.92 Å². The van der Waals surface area contributed by atoms with Crippen molar-refractivity contribution in [2.75, 3.05) is 39.3 Å². The van der Waals surface area contributed by atoms with Crippen LogP contribution in [0.3, 0.4) is 0 Å². The molecule has 1 amide bonds. The third kappa shape index (κ3) is 4.22. The summed E-state index contributed by atoms with van der Waals surface area (Å²) in [6.07, 6.45) is 1.94. The van der Waals surface area contributed by atoms with Crippen molar-refractivity contribution < 1.29 is 9.18 Å². The summed E-state index contributed by atoms with van der Waals surface area (Å²) in [6, 6.07) is 4.46. The SMILES string of the molecule is O=C(C1CCCN(Cc2cc(F)ccc2Cl)C1)N1CCNCC1. The Hall–Kier alpha value is -1.17. The molecule has 2 aliphatic heterocycles. The average molecular weight is 340 g/mol. The summed E-state index contributed by atoms with van der Waals surface area (Å²) in [4.78, 5) is 16.8. The lowest BCUT2D eigenvalue weighted by molar-refractivity contribution is -0.138. The van der Waals surface area contributed by atoms with Gasteiger partial charge in [-0.2, -0.15) is 0 Å². The quantitative estimate of drug-likeness (QED) is 0.916. The molecule has 4 nitrogen and oxygen atoms in total. The van der Waals surface area contributed by atoms with Gasteiger partial charge in [0.25, 0.3) is 0 Å². The minimum Gasteiger partial charge on any atom is -0.340 e. The second kappa shape index (κ2) is 7.60. The fourth-order valence-electron chi connectivity index (χ4n) is 3.45. The van der Waals surface area contributed by atoms with E-state index in [1.807, 2.05) is 4.90 Å². The molecule has 2 aliphatic rings. The second-order valence-electron chi connectivity index (χ2n) is 6.39. The maximum Gasteiger partial charge on any atom is 0.227 e. The van der Waals surface area contributed by atoms with E-state index in [-0.39, 0.29) is 17.6 Å². The largest absolute Gasteiger partial charge is 0.340 e. The molecule has 2 heterocycles. The van der Waals surface area contributed by atoms with Crippen LogP contribution in [0, 0.1) is 11.7 Å². The van der Waals surface area contributed by atoms with Gasteiger partial charge in [0.2, 0.25) is 5.91 Å². The Balaban J connectivity index is 1.61. The van der Waals surface area contributed by atoms with Gasteiger partial charge >= 0.3 is 0 Å². The predicted molar refractivity (Wildman–Crippen MR) is 88.9 cm³/mol. The van der Waals surface area contributed by atoms with Crippen LogP contribution in [0.2, 0.25) is 5.02 Å². The van der Waals surface area contributed by atoms with Crippen molar-refractivity contribution in [2.24, 2.45) is 5.92 Å². The molecule has 3 rings (SSSR count). The third-order valence-electron chi connectivity index (χ3n) is 4.69. The fourth-order valence-corrected chi connectivity index (χ4v) is 3.63. The van der Waals surface area contributed by atoms with E-state index in [9.17, 15) is 9.18 Å². The summed E-state index contributed by atoms with van der Waals surface area (Å²) >= 11 is 6.16. The number of nitrogens with zero attached hydrogens (tertiary/aromatic N) is 2. The highest BCUT2D eigenvalue weighted by atomic mass is 35.5. The van der Waals surface area contributed by atoms with Gasteiger partial charge < -0.3 is 10.2 Å². The predicted octanol–water partition coefficient (Wildman–Crippen LogP) is 2.12. The highest BCUT2D eigenvalue weighted by Crippen LogP contribution is 2.24. The molecule has 1 unspecified atom stereocenters. The lowest BCUT2D eigenvalue weighted by atomic mass is 9.95. The van der Waals surface area contributed by atoms with Crippen LogP contribution in [0.15, 0.2) is 18.2 Å². The van der Waals surface area contributed by atoms with E-state index >= 15 is 0 Å². The third-order valence-corrected chi connectivity index (χ3v) is 5.05. The monoisotopic (exact) mass is 339 g/mol. The van der Waals surface area contributed by atoms with Crippen LogP contribution >= 0.6 is 11.6 Å². The Morgan fingerprint density at radius 3 is 2.87 bits per heavy atom. The maximum atomic E-state index is 13.4. The molecule has 2 fully saturated rings. The molecule has 0 saturated carbocycles. The Bertz CT molecular complexity index is 563. The second-order valence-corrected chi connectivity index (χ2v) is 6.79. The van der Waals surface area contributed by atoms with E-state index in [2.05, 4.69) is 10.2 Å². The zero-order chi connectivity index (χ0) is 16.2. The van der Waals surface area contributed by atoms with Gasteiger partial charge in [0, 0.05) is 44.3 Å². The van der Waals surface area contributed by atoms with Crippen LogP contribution in [-0.2, 0) is 11.3 Å². The first-order valence-corrected chi connectivity index (χ1v) is 8.67. The number of piperazine rings is 1. The fraction of sp³-hybridized carbons (Fsp3) is 0.588. The van der Waals surface area contributed by atoms with Crippen molar-refractivity contribution >= 4 is 17.5 Å². The normalized spacial score (nSPS) is 23.0. The van der Waals surface area contributed by atoms with Gasteiger partial charge in [-0.15, -0.1) is 0 Å². The van der Waals surface area contributed by atoms with E-state index in [1.165, 1.54) is 12.1 Å². The number of hydrogen-bond acceptors (Lipinski definition) is 3. The molecule has 0 spiro atoms. The number of amides is 1. The highest BCUT2D eigenvalue weighted by molar-refractivity contribution is 6.31. The first kappa shape index (κ1) is 16.7. The zero-order valence-electron chi connectivity index (χ0n) is 13.2. The number of likely N-dealkylation sites (tertiary alicyclic amines) is 1. The molecule has 23 heavy (non-hydrogen) atoms. The highest BCUT2D eigenvalue weighted by Gasteiger charge is 2.30. The van der Waals surface area contributed by atoms with Crippen molar-refractivity contribution in [3.63, 3.8) is 0 Å². The molecule has 0 radical (unpaired) electrons. The van der Waals surface area contributed by atoms with Crippen molar-refractivity contribution in [3.8, 4) is 0 Å². The topological polar surface area (TPSA) is 35.6 Å². The van der Waals surface area contributed by atoms with E-state index in [4.69, 9.17) is 11.6 Å². The van der Waals surface area contributed by atoms with Crippen LogP contribution in [0.25, 0.3) is 0 Å². The summed E-state index contributed by atoms with van der Waals surface area (Å²) in [5.41, 5.74) is 0.793. The van der Waals surface area contributed by atoms with Gasteiger partial charge in [-0.1, -0.05) is 11.6 Å². The molecular weight excluding hydrogens is 317 g/mol.